The summed E-state index contributed by atoms with van der Waals surface area (Å²) in [5.41, 5.74) is 10.9. The van der Waals surface area contributed by atoms with Crippen LogP contribution < -0.4 is 22.1 Å². The van der Waals surface area contributed by atoms with E-state index in [0.717, 1.165) is 4.90 Å². The van der Waals surface area contributed by atoms with Gasteiger partial charge in [0.25, 0.3) is 0 Å². The van der Waals surface area contributed by atoms with E-state index in [1.165, 1.54) is 0 Å². The normalized spacial score (nSPS) is 18.1. The Morgan fingerprint density at radius 2 is 1.52 bits per heavy atom. The van der Waals surface area contributed by atoms with Gasteiger partial charge in [0.2, 0.25) is 17.7 Å². The molecule has 1 aliphatic heterocycles. The SMILES string of the molecule is NCCCC[C@H](NC(=O)[C@H](CC(=O)O)NC(=O)[C@@H](N)CC(=O)O)C(=O)N1CCC[C@H]1C(=O)O. The fourth-order valence-corrected chi connectivity index (χ4v) is 3.45. The molecule has 0 radical (unpaired) electrons. The summed E-state index contributed by atoms with van der Waals surface area (Å²) in [6.45, 7) is 0.522. The Hall–Kier alpha value is -3.26. The molecule has 1 rings (SSSR count). The maximum absolute atomic E-state index is 13.0. The molecule has 3 amide bonds. The first-order valence-corrected chi connectivity index (χ1v) is 10.5. The van der Waals surface area contributed by atoms with Gasteiger partial charge in [-0.05, 0) is 38.6 Å². The zero-order valence-electron chi connectivity index (χ0n) is 18.1. The summed E-state index contributed by atoms with van der Waals surface area (Å²) in [5, 5.41) is 31.7. The van der Waals surface area contributed by atoms with Crippen molar-refractivity contribution >= 4 is 35.6 Å². The van der Waals surface area contributed by atoms with Crippen LogP contribution in [0.3, 0.4) is 0 Å². The number of hydrogen-bond acceptors (Lipinski definition) is 8. The third kappa shape index (κ3) is 9.02. The smallest absolute Gasteiger partial charge is 0.326 e. The van der Waals surface area contributed by atoms with Crippen LogP contribution >= 0.6 is 0 Å². The highest BCUT2D eigenvalue weighted by Crippen LogP contribution is 2.20. The molecular formula is C19H31N5O9. The van der Waals surface area contributed by atoms with E-state index < -0.39 is 72.6 Å². The minimum absolute atomic E-state index is 0.122. The standard InChI is InChI=1S/C19H31N5O9/c20-6-2-1-4-11(18(31)24-7-3-5-13(24)19(32)33)22-17(30)12(9-15(27)28)23-16(29)10(21)8-14(25)26/h10-13H,1-9,20-21H2,(H,22,30)(H,23,29)(H,25,26)(H,27,28)(H,32,33)/t10-,11-,12-,13-/m0/s1. The van der Waals surface area contributed by atoms with E-state index in [1.807, 2.05) is 0 Å². The van der Waals surface area contributed by atoms with Crippen LogP contribution in [0.1, 0.15) is 44.9 Å². The Kier molecular flexibility index (Phi) is 11.2. The number of amides is 3. The van der Waals surface area contributed by atoms with Crippen molar-refractivity contribution in [1.82, 2.24) is 15.5 Å². The molecule has 0 unspecified atom stereocenters. The average Bonchev–Trinajstić information content (AvgIpc) is 3.21. The highest BCUT2D eigenvalue weighted by Gasteiger charge is 2.38. The number of unbranched alkanes of at least 4 members (excludes halogenated alkanes) is 1. The molecular weight excluding hydrogens is 442 g/mol. The Morgan fingerprint density at radius 1 is 0.909 bits per heavy atom. The zero-order chi connectivity index (χ0) is 25.1. The molecule has 0 aromatic carbocycles. The third-order valence-electron chi connectivity index (χ3n) is 5.13. The van der Waals surface area contributed by atoms with Gasteiger partial charge < -0.3 is 42.3 Å². The molecule has 9 N–H and O–H groups in total. The quantitative estimate of drug-likeness (QED) is 0.129. The molecule has 1 aliphatic rings. The number of aliphatic carboxylic acids is 3. The van der Waals surface area contributed by atoms with Crippen molar-refractivity contribution in [2.45, 2.75) is 69.1 Å². The number of hydrogen-bond donors (Lipinski definition) is 7. The molecule has 0 aliphatic carbocycles. The van der Waals surface area contributed by atoms with Gasteiger partial charge in [-0.1, -0.05) is 0 Å². The van der Waals surface area contributed by atoms with Crippen LogP contribution in [0.25, 0.3) is 0 Å². The van der Waals surface area contributed by atoms with E-state index in [0.29, 0.717) is 25.8 Å². The second kappa shape index (κ2) is 13.3. The number of rotatable bonds is 14. The lowest BCUT2D eigenvalue weighted by Crippen LogP contribution is -2.57. The first-order chi connectivity index (χ1) is 15.5. The highest BCUT2D eigenvalue weighted by atomic mass is 16.4. The number of carboxylic acid groups (broad SMARTS) is 3. The predicted octanol–water partition coefficient (Wildman–Crippen LogP) is -2.56. The Morgan fingerprint density at radius 3 is 2.06 bits per heavy atom. The van der Waals surface area contributed by atoms with Crippen LogP contribution in [0.2, 0.25) is 0 Å². The molecule has 0 saturated carbocycles. The predicted molar refractivity (Wildman–Crippen MR) is 112 cm³/mol. The van der Waals surface area contributed by atoms with Gasteiger partial charge in [-0.3, -0.25) is 24.0 Å². The van der Waals surface area contributed by atoms with Gasteiger partial charge in [0.1, 0.15) is 18.1 Å². The number of nitrogens with two attached hydrogens (primary N) is 2. The van der Waals surface area contributed by atoms with E-state index in [2.05, 4.69) is 10.6 Å². The summed E-state index contributed by atoms with van der Waals surface area (Å²) >= 11 is 0. The van der Waals surface area contributed by atoms with Crippen LogP contribution in [-0.2, 0) is 28.8 Å². The van der Waals surface area contributed by atoms with E-state index in [9.17, 15) is 33.9 Å². The Balaban J connectivity index is 3.00. The number of carbonyl (C=O) groups excluding carboxylic acids is 3. The maximum atomic E-state index is 13.0. The molecule has 0 bridgehead atoms. The van der Waals surface area contributed by atoms with E-state index in [4.69, 9.17) is 21.7 Å². The number of likely N-dealkylation sites (tertiary alicyclic amines) is 1. The summed E-state index contributed by atoms with van der Waals surface area (Å²) in [5.74, 6) is -6.63. The summed E-state index contributed by atoms with van der Waals surface area (Å²) in [4.78, 5) is 72.4. The molecule has 0 aromatic heterocycles. The monoisotopic (exact) mass is 473 g/mol. The summed E-state index contributed by atoms with van der Waals surface area (Å²) in [6, 6.07) is -5.34. The lowest BCUT2D eigenvalue weighted by Gasteiger charge is -2.28. The molecule has 1 heterocycles. The first-order valence-electron chi connectivity index (χ1n) is 10.5. The second-order valence-electron chi connectivity index (χ2n) is 7.74. The maximum Gasteiger partial charge on any atom is 0.326 e. The summed E-state index contributed by atoms with van der Waals surface area (Å²) in [6.07, 6.45) is 0.243. The van der Waals surface area contributed by atoms with Crippen molar-refractivity contribution in [3.63, 3.8) is 0 Å². The molecule has 14 heteroatoms. The Labute approximate surface area is 189 Å². The molecule has 0 spiro atoms. The van der Waals surface area contributed by atoms with E-state index >= 15 is 0 Å². The van der Waals surface area contributed by atoms with Crippen molar-refractivity contribution in [2.24, 2.45) is 11.5 Å². The zero-order valence-corrected chi connectivity index (χ0v) is 18.1. The van der Waals surface area contributed by atoms with Gasteiger partial charge in [-0.2, -0.15) is 0 Å². The largest absolute Gasteiger partial charge is 0.481 e. The van der Waals surface area contributed by atoms with Crippen LogP contribution in [0, 0.1) is 0 Å². The molecule has 4 atom stereocenters. The third-order valence-corrected chi connectivity index (χ3v) is 5.13. The fraction of sp³-hybridized carbons (Fsp3) is 0.684. The molecule has 1 saturated heterocycles. The molecule has 33 heavy (non-hydrogen) atoms. The first kappa shape index (κ1) is 27.8. The van der Waals surface area contributed by atoms with Crippen LogP contribution in [0.4, 0.5) is 0 Å². The summed E-state index contributed by atoms with van der Waals surface area (Å²) < 4.78 is 0. The van der Waals surface area contributed by atoms with Gasteiger partial charge in [0.05, 0.1) is 18.9 Å². The number of carboxylic acids is 3. The fourth-order valence-electron chi connectivity index (χ4n) is 3.45. The minimum Gasteiger partial charge on any atom is -0.481 e. The topological polar surface area (TPSA) is 242 Å². The van der Waals surface area contributed by atoms with Gasteiger partial charge in [-0.15, -0.1) is 0 Å². The van der Waals surface area contributed by atoms with Crippen LogP contribution in [0.5, 0.6) is 0 Å². The summed E-state index contributed by atoms with van der Waals surface area (Å²) in [7, 11) is 0. The van der Waals surface area contributed by atoms with Gasteiger partial charge in [0, 0.05) is 6.54 Å². The number of carbonyl (C=O) groups is 6. The minimum atomic E-state index is -1.63. The van der Waals surface area contributed by atoms with Crippen molar-refractivity contribution in [1.29, 1.82) is 0 Å². The average molecular weight is 473 g/mol. The van der Waals surface area contributed by atoms with E-state index in [-0.39, 0.29) is 19.4 Å². The van der Waals surface area contributed by atoms with E-state index in [1.54, 1.807) is 0 Å². The molecule has 1 fully saturated rings. The van der Waals surface area contributed by atoms with Crippen LogP contribution in [-0.4, -0.2) is 93.1 Å². The molecule has 186 valence electrons. The van der Waals surface area contributed by atoms with Crippen molar-refractivity contribution in [3.8, 4) is 0 Å². The Bertz CT molecular complexity index is 760. The molecule has 14 nitrogen and oxygen atoms in total. The van der Waals surface area contributed by atoms with Crippen LogP contribution in [0.15, 0.2) is 0 Å². The number of nitrogens with zero attached hydrogens (tertiary/aromatic N) is 1. The lowest BCUT2D eigenvalue weighted by molar-refractivity contribution is -0.149. The van der Waals surface area contributed by atoms with Crippen molar-refractivity contribution < 1.29 is 44.1 Å². The number of nitrogens with one attached hydrogen (secondary N) is 2. The highest BCUT2D eigenvalue weighted by molar-refractivity contribution is 5.96. The lowest BCUT2D eigenvalue weighted by atomic mass is 10.1. The second-order valence-corrected chi connectivity index (χ2v) is 7.74. The van der Waals surface area contributed by atoms with Crippen molar-refractivity contribution in [2.75, 3.05) is 13.1 Å². The van der Waals surface area contributed by atoms with Gasteiger partial charge >= 0.3 is 17.9 Å². The van der Waals surface area contributed by atoms with Gasteiger partial charge in [-0.25, -0.2) is 4.79 Å². The van der Waals surface area contributed by atoms with Crippen molar-refractivity contribution in [3.05, 3.63) is 0 Å². The van der Waals surface area contributed by atoms with Gasteiger partial charge in [0.15, 0.2) is 0 Å². The molecule has 0 aromatic rings.